The zero-order valence-electron chi connectivity index (χ0n) is 9.57. The zero-order valence-corrected chi connectivity index (χ0v) is 10.4. The monoisotopic (exact) mass is 238 g/mol. The maximum absolute atomic E-state index is 11.5. The van der Waals surface area contributed by atoms with Crippen molar-refractivity contribution in [1.82, 2.24) is 9.03 Å². The molecule has 0 unspecified atom stereocenters. The fourth-order valence-electron chi connectivity index (χ4n) is 1.08. The van der Waals surface area contributed by atoms with Gasteiger partial charge in [0.05, 0.1) is 0 Å². The molecule has 0 spiro atoms. The first-order valence-corrected chi connectivity index (χ1v) is 6.80. The molecule has 15 heavy (non-hydrogen) atoms. The fourth-order valence-corrected chi connectivity index (χ4v) is 2.14. The molecule has 0 fully saturated rings. The Bertz CT molecular complexity index is 242. The van der Waals surface area contributed by atoms with Crippen LogP contribution in [0.3, 0.4) is 0 Å². The molecule has 0 atom stereocenters. The van der Waals surface area contributed by atoms with Crippen molar-refractivity contribution in [2.45, 2.75) is 32.6 Å². The van der Waals surface area contributed by atoms with Gasteiger partial charge in [-0.1, -0.05) is 6.92 Å². The summed E-state index contributed by atoms with van der Waals surface area (Å²) in [6.07, 6.45) is 3.15. The smallest absolute Gasteiger partial charge is 0.279 e. The Morgan fingerprint density at radius 2 is 1.93 bits per heavy atom. The average Bonchev–Trinajstić information content (AvgIpc) is 2.21. The van der Waals surface area contributed by atoms with Crippen LogP contribution in [0.5, 0.6) is 0 Å². The van der Waals surface area contributed by atoms with Crippen LogP contribution in [0.4, 0.5) is 0 Å². The van der Waals surface area contributed by atoms with Crippen molar-refractivity contribution in [3.63, 3.8) is 0 Å². The molecule has 2 N–H and O–H groups in total. The molecule has 0 bridgehead atoms. The molecular weight excluding hydrogens is 216 g/mol. The summed E-state index contributed by atoms with van der Waals surface area (Å²) in [5.41, 5.74) is 0. The number of rotatable bonds is 9. The van der Waals surface area contributed by atoms with E-state index in [0.717, 1.165) is 25.7 Å². The first kappa shape index (κ1) is 14.8. The average molecular weight is 238 g/mol. The number of nitrogens with zero attached hydrogens (tertiary/aromatic N) is 1. The maximum atomic E-state index is 11.5. The van der Waals surface area contributed by atoms with Crippen LogP contribution in [0.25, 0.3) is 0 Å². The third-order valence-electron chi connectivity index (χ3n) is 2.08. The van der Waals surface area contributed by atoms with Crippen molar-refractivity contribution >= 4 is 10.2 Å². The van der Waals surface area contributed by atoms with Gasteiger partial charge in [0.1, 0.15) is 0 Å². The van der Waals surface area contributed by atoms with E-state index in [1.165, 1.54) is 4.31 Å². The first-order valence-electron chi connectivity index (χ1n) is 5.36. The third kappa shape index (κ3) is 6.83. The highest BCUT2D eigenvalue weighted by atomic mass is 32.2. The van der Waals surface area contributed by atoms with E-state index in [4.69, 9.17) is 5.11 Å². The molecular formula is C9H22N2O3S. The summed E-state index contributed by atoms with van der Waals surface area (Å²) in [5, 5.41) is 8.56. The van der Waals surface area contributed by atoms with E-state index in [1.807, 2.05) is 6.92 Å². The lowest BCUT2D eigenvalue weighted by Crippen LogP contribution is -2.39. The molecule has 0 rings (SSSR count). The number of aliphatic hydroxyl groups excluding tert-OH is 1. The highest BCUT2D eigenvalue weighted by Gasteiger charge is 2.15. The predicted molar refractivity (Wildman–Crippen MR) is 60.8 cm³/mol. The molecule has 0 aromatic heterocycles. The van der Waals surface area contributed by atoms with Crippen LogP contribution in [-0.4, -0.2) is 44.6 Å². The van der Waals surface area contributed by atoms with Crippen molar-refractivity contribution < 1.29 is 13.5 Å². The van der Waals surface area contributed by atoms with Gasteiger partial charge in [0.25, 0.3) is 10.2 Å². The lowest BCUT2D eigenvalue weighted by molar-refractivity contribution is 0.281. The molecule has 0 aromatic rings. The number of hydrogen-bond donors (Lipinski definition) is 2. The lowest BCUT2D eigenvalue weighted by atomic mass is 10.2. The number of hydrogen-bond acceptors (Lipinski definition) is 3. The molecule has 0 aliphatic heterocycles. The summed E-state index contributed by atoms with van der Waals surface area (Å²) < 4.78 is 26.9. The minimum Gasteiger partial charge on any atom is -0.396 e. The molecule has 0 aliphatic rings. The van der Waals surface area contributed by atoms with E-state index in [1.54, 1.807) is 7.05 Å². The van der Waals surface area contributed by atoms with Crippen LogP contribution in [-0.2, 0) is 10.2 Å². The number of nitrogens with one attached hydrogen (secondary N) is 1. The van der Waals surface area contributed by atoms with E-state index < -0.39 is 10.2 Å². The van der Waals surface area contributed by atoms with E-state index in [0.29, 0.717) is 13.1 Å². The standard InChI is InChI=1S/C9H22N2O3S/c1-3-7-10-15(13,14)11(2)8-5-4-6-9-12/h10,12H,3-9H2,1-2H3. The molecule has 6 heteroatoms. The first-order chi connectivity index (χ1) is 7.04. The summed E-state index contributed by atoms with van der Waals surface area (Å²) in [7, 11) is -1.72. The van der Waals surface area contributed by atoms with E-state index >= 15 is 0 Å². The van der Waals surface area contributed by atoms with E-state index in [9.17, 15) is 8.42 Å². The molecule has 0 aromatic carbocycles. The molecule has 5 nitrogen and oxygen atoms in total. The van der Waals surface area contributed by atoms with Crippen molar-refractivity contribution in [2.24, 2.45) is 0 Å². The van der Waals surface area contributed by atoms with Crippen molar-refractivity contribution in [1.29, 1.82) is 0 Å². The van der Waals surface area contributed by atoms with Crippen LogP contribution >= 0.6 is 0 Å². The largest absolute Gasteiger partial charge is 0.396 e. The second-order valence-electron chi connectivity index (χ2n) is 3.51. The summed E-state index contributed by atoms with van der Waals surface area (Å²) in [4.78, 5) is 0. The second kappa shape index (κ2) is 8.04. The summed E-state index contributed by atoms with van der Waals surface area (Å²) in [5.74, 6) is 0. The Balaban J connectivity index is 3.81. The van der Waals surface area contributed by atoms with Gasteiger partial charge in [0, 0.05) is 26.7 Å². The number of aliphatic hydroxyl groups is 1. The Hall–Kier alpha value is -0.170. The molecule has 0 amide bonds. The van der Waals surface area contributed by atoms with Gasteiger partial charge in [-0.3, -0.25) is 0 Å². The second-order valence-corrected chi connectivity index (χ2v) is 5.37. The quantitative estimate of drug-likeness (QED) is 0.569. The van der Waals surface area contributed by atoms with Crippen LogP contribution in [0.15, 0.2) is 0 Å². The minimum absolute atomic E-state index is 0.171. The van der Waals surface area contributed by atoms with Gasteiger partial charge in [-0.15, -0.1) is 0 Å². The Morgan fingerprint density at radius 3 is 2.47 bits per heavy atom. The zero-order chi connectivity index (χ0) is 11.7. The van der Waals surface area contributed by atoms with Gasteiger partial charge >= 0.3 is 0 Å². The van der Waals surface area contributed by atoms with Crippen molar-refractivity contribution in [3.05, 3.63) is 0 Å². The SMILES string of the molecule is CCCNS(=O)(=O)N(C)CCCCCO. The van der Waals surface area contributed by atoms with E-state index in [-0.39, 0.29) is 6.61 Å². The highest BCUT2D eigenvalue weighted by molar-refractivity contribution is 7.87. The third-order valence-corrected chi connectivity index (χ3v) is 3.65. The van der Waals surface area contributed by atoms with Gasteiger partial charge in [0.15, 0.2) is 0 Å². The van der Waals surface area contributed by atoms with Gasteiger partial charge in [-0.05, 0) is 25.7 Å². The highest BCUT2D eigenvalue weighted by Crippen LogP contribution is 2.00. The Morgan fingerprint density at radius 1 is 1.27 bits per heavy atom. The molecule has 0 saturated carbocycles. The van der Waals surface area contributed by atoms with Gasteiger partial charge in [-0.25, -0.2) is 4.72 Å². The molecule has 0 saturated heterocycles. The molecule has 0 heterocycles. The fraction of sp³-hybridized carbons (Fsp3) is 1.00. The Labute approximate surface area is 92.7 Å². The minimum atomic E-state index is -3.29. The van der Waals surface area contributed by atoms with Gasteiger partial charge in [-0.2, -0.15) is 12.7 Å². The summed E-state index contributed by atoms with van der Waals surface area (Å²) >= 11 is 0. The summed E-state index contributed by atoms with van der Waals surface area (Å²) in [6, 6.07) is 0. The molecule has 0 radical (unpaired) electrons. The van der Waals surface area contributed by atoms with Crippen LogP contribution in [0.1, 0.15) is 32.6 Å². The normalized spacial score (nSPS) is 12.3. The summed E-state index contributed by atoms with van der Waals surface area (Å²) in [6.45, 7) is 3.07. The van der Waals surface area contributed by atoms with Crippen LogP contribution in [0, 0.1) is 0 Å². The van der Waals surface area contributed by atoms with Crippen molar-refractivity contribution in [2.75, 3.05) is 26.7 Å². The topological polar surface area (TPSA) is 69.6 Å². The molecule has 92 valence electrons. The van der Waals surface area contributed by atoms with Crippen LogP contribution < -0.4 is 4.72 Å². The van der Waals surface area contributed by atoms with Crippen LogP contribution in [0.2, 0.25) is 0 Å². The lowest BCUT2D eigenvalue weighted by Gasteiger charge is -2.17. The maximum Gasteiger partial charge on any atom is 0.279 e. The van der Waals surface area contributed by atoms with Gasteiger partial charge < -0.3 is 5.11 Å². The number of unbranched alkanes of at least 4 members (excludes halogenated alkanes) is 2. The van der Waals surface area contributed by atoms with Gasteiger partial charge in [0.2, 0.25) is 0 Å². The predicted octanol–water partition coefficient (Wildman–Crippen LogP) is 0.325. The van der Waals surface area contributed by atoms with Crippen molar-refractivity contribution in [3.8, 4) is 0 Å². The molecule has 0 aliphatic carbocycles. The Kier molecular flexibility index (Phi) is 7.95. The van der Waals surface area contributed by atoms with E-state index in [2.05, 4.69) is 4.72 Å².